The Labute approximate surface area is 137 Å². The lowest BCUT2D eigenvalue weighted by Crippen LogP contribution is -2.30. The highest BCUT2D eigenvalue weighted by molar-refractivity contribution is 5.26. The summed E-state index contributed by atoms with van der Waals surface area (Å²) in [5.41, 5.74) is 1.33. The van der Waals surface area contributed by atoms with Crippen molar-refractivity contribution in [2.45, 2.75) is 50.9 Å². The van der Waals surface area contributed by atoms with Gasteiger partial charge in [-0.2, -0.15) is 4.89 Å². The van der Waals surface area contributed by atoms with Crippen LogP contribution in [0.1, 0.15) is 31.7 Å². The normalized spacial score (nSPS) is 29.7. The molecule has 0 aromatic heterocycles. The highest BCUT2D eigenvalue weighted by Gasteiger charge is 2.47. The molecule has 0 amide bonds. The molecule has 1 aromatic rings. The van der Waals surface area contributed by atoms with E-state index in [4.69, 9.17) is 19.2 Å². The third kappa shape index (κ3) is 4.23. The summed E-state index contributed by atoms with van der Waals surface area (Å²) in [6.07, 6.45) is 4.01. The fraction of sp³-hybridized carbons (Fsp3) is 0.667. The lowest BCUT2D eigenvalue weighted by molar-refractivity contribution is -0.220. The van der Waals surface area contributed by atoms with E-state index in [0.29, 0.717) is 25.6 Å². The third-order valence-electron chi connectivity index (χ3n) is 4.56. The summed E-state index contributed by atoms with van der Waals surface area (Å²) in [7, 11) is 0. The maximum atomic E-state index is 9.70. The minimum atomic E-state index is -0.522. The molecule has 0 bridgehead atoms. The fourth-order valence-corrected chi connectivity index (χ4v) is 3.18. The lowest BCUT2D eigenvalue weighted by atomic mass is 10.0. The van der Waals surface area contributed by atoms with E-state index in [2.05, 4.69) is 19.1 Å². The number of aliphatic hydroxyl groups excluding tert-OH is 1. The van der Waals surface area contributed by atoms with Crippen molar-refractivity contribution in [3.63, 3.8) is 0 Å². The van der Waals surface area contributed by atoms with Crippen molar-refractivity contribution in [1.82, 2.24) is 0 Å². The van der Waals surface area contributed by atoms with Crippen molar-refractivity contribution in [3.8, 4) is 5.75 Å². The minimum absolute atomic E-state index is 0.0884. The second kappa shape index (κ2) is 8.11. The van der Waals surface area contributed by atoms with Crippen molar-refractivity contribution < 1.29 is 24.4 Å². The molecule has 1 aromatic carbocycles. The van der Waals surface area contributed by atoms with Crippen LogP contribution in [0.15, 0.2) is 24.3 Å². The smallest absolute Gasteiger partial charge is 0.165 e. The quantitative estimate of drug-likeness (QED) is 0.453. The van der Waals surface area contributed by atoms with Crippen LogP contribution in [-0.2, 0) is 20.8 Å². The average Bonchev–Trinajstić information content (AvgIpc) is 3.13. The molecular weight excluding hydrogens is 296 g/mol. The molecule has 2 saturated heterocycles. The summed E-state index contributed by atoms with van der Waals surface area (Å²) < 4.78 is 11.1. The predicted octanol–water partition coefficient (Wildman–Crippen LogP) is 2.50. The Morgan fingerprint density at radius 3 is 2.65 bits per heavy atom. The summed E-state index contributed by atoms with van der Waals surface area (Å²) in [6, 6.07) is 8.04. The molecule has 4 atom stereocenters. The van der Waals surface area contributed by atoms with Crippen LogP contribution in [0, 0.1) is 5.92 Å². The first-order valence-corrected chi connectivity index (χ1v) is 8.57. The fourth-order valence-electron chi connectivity index (χ4n) is 3.18. The Kier molecular flexibility index (Phi) is 5.89. The monoisotopic (exact) mass is 322 g/mol. The maximum Gasteiger partial charge on any atom is 0.165 e. The molecule has 5 nitrogen and oxygen atoms in total. The van der Waals surface area contributed by atoms with Crippen LogP contribution in [0.5, 0.6) is 5.75 Å². The minimum Gasteiger partial charge on any atom is -0.388 e. The van der Waals surface area contributed by atoms with Gasteiger partial charge in [-0.1, -0.05) is 31.9 Å². The van der Waals surface area contributed by atoms with E-state index in [0.717, 1.165) is 6.42 Å². The van der Waals surface area contributed by atoms with Gasteiger partial charge in [0.05, 0.1) is 19.3 Å². The van der Waals surface area contributed by atoms with E-state index in [-0.39, 0.29) is 18.1 Å². The Balaban J connectivity index is 1.39. The molecule has 0 radical (unpaired) electrons. The van der Waals surface area contributed by atoms with Gasteiger partial charge < -0.3 is 19.5 Å². The van der Waals surface area contributed by atoms with Crippen molar-refractivity contribution >= 4 is 0 Å². The molecular formula is C18H26O5. The standard InChI is InChI=1S/C18H26O5/c1-2-3-4-5-13-6-8-15(9-7-13)23-22-11-14-10-20-18-16(19)12-21-17(14)18/h6-9,14,16-19H,2-5,10-12H2,1H3/t14?,16-,17-,18-/m1/s1. The topological polar surface area (TPSA) is 57.2 Å². The van der Waals surface area contributed by atoms with Gasteiger partial charge in [-0.05, 0) is 30.5 Å². The zero-order chi connectivity index (χ0) is 16.1. The highest BCUT2D eigenvalue weighted by Crippen LogP contribution is 2.31. The summed E-state index contributed by atoms with van der Waals surface area (Å²) in [5, 5.41) is 9.70. The van der Waals surface area contributed by atoms with Gasteiger partial charge in [0.25, 0.3) is 0 Å². The molecule has 2 heterocycles. The number of aryl methyl sites for hydroxylation is 1. The summed E-state index contributed by atoms with van der Waals surface area (Å²) in [6.45, 7) is 3.48. The first-order chi connectivity index (χ1) is 11.3. The van der Waals surface area contributed by atoms with Crippen LogP contribution < -0.4 is 4.89 Å². The second-order valence-electron chi connectivity index (χ2n) is 6.39. The molecule has 0 saturated carbocycles. The van der Waals surface area contributed by atoms with E-state index in [9.17, 15) is 5.11 Å². The van der Waals surface area contributed by atoms with Gasteiger partial charge in [-0.25, -0.2) is 0 Å². The van der Waals surface area contributed by atoms with Gasteiger partial charge in [0.15, 0.2) is 5.75 Å². The van der Waals surface area contributed by atoms with Crippen molar-refractivity contribution in [3.05, 3.63) is 29.8 Å². The van der Waals surface area contributed by atoms with Crippen molar-refractivity contribution in [2.24, 2.45) is 5.92 Å². The summed E-state index contributed by atoms with van der Waals surface area (Å²) in [4.78, 5) is 10.7. The zero-order valence-corrected chi connectivity index (χ0v) is 13.6. The maximum absolute atomic E-state index is 9.70. The van der Waals surface area contributed by atoms with E-state index >= 15 is 0 Å². The number of rotatable bonds is 8. The molecule has 3 rings (SSSR count). The number of ether oxygens (including phenoxy) is 2. The van der Waals surface area contributed by atoms with Gasteiger partial charge >= 0.3 is 0 Å². The largest absolute Gasteiger partial charge is 0.388 e. The zero-order valence-electron chi connectivity index (χ0n) is 13.6. The van der Waals surface area contributed by atoms with Crippen molar-refractivity contribution in [1.29, 1.82) is 0 Å². The lowest BCUT2D eigenvalue weighted by Gasteiger charge is -2.15. The van der Waals surface area contributed by atoms with Crippen molar-refractivity contribution in [2.75, 3.05) is 19.8 Å². The van der Waals surface area contributed by atoms with E-state index in [1.165, 1.54) is 24.8 Å². The van der Waals surface area contributed by atoms with Gasteiger partial charge in [-0.3, -0.25) is 0 Å². The molecule has 5 heteroatoms. The molecule has 0 spiro atoms. The first kappa shape index (κ1) is 16.7. The summed E-state index contributed by atoms with van der Waals surface area (Å²) >= 11 is 0. The molecule has 1 unspecified atom stereocenters. The number of fused-ring (bicyclic) bond motifs is 1. The molecule has 128 valence electrons. The van der Waals surface area contributed by atoms with Crippen LogP contribution >= 0.6 is 0 Å². The first-order valence-electron chi connectivity index (χ1n) is 8.57. The van der Waals surface area contributed by atoms with E-state index in [1.807, 2.05) is 12.1 Å². The number of unbranched alkanes of at least 4 members (excludes halogenated alkanes) is 2. The number of benzene rings is 1. The van der Waals surface area contributed by atoms with Gasteiger partial charge in [0, 0.05) is 5.92 Å². The van der Waals surface area contributed by atoms with Gasteiger partial charge in [0.1, 0.15) is 18.8 Å². The molecule has 23 heavy (non-hydrogen) atoms. The third-order valence-corrected chi connectivity index (χ3v) is 4.56. The van der Waals surface area contributed by atoms with Gasteiger partial charge in [0.2, 0.25) is 0 Å². The predicted molar refractivity (Wildman–Crippen MR) is 85.2 cm³/mol. The van der Waals surface area contributed by atoms with Crippen LogP contribution in [0.2, 0.25) is 0 Å². The molecule has 0 aliphatic carbocycles. The molecule has 2 aliphatic heterocycles. The SMILES string of the molecule is CCCCCc1ccc(OOCC2CO[C@@H]3[C@H](O)CO[C@H]23)cc1. The highest BCUT2D eigenvalue weighted by atomic mass is 17.2. The molecule has 2 aliphatic rings. The van der Waals surface area contributed by atoms with E-state index in [1.54, 1.807) is 0 Å². The Morgan fingerprint density at radius 1 is 1.09 bits per heavy atom. The van der Waals surface area contributed by atoms with Crippen LogP contribution in [0.25, 0.3) is 0 Å². The Morgan fingerprint density at radius 2 is 1.87 bits per heavy atom. The molecule has 2 fully saturated rings. The molecule has 1 N–H and O–H groups in total. The van der Waals surface area contributed by atoms with Crippen LogP contribution in [0.3, 0.4) is 0 Å². The van der Waals surface area contributed by atoms with Crippen LogP contribution in [0.4, 0.5) is 0 Å². The number of hydrogen-bond donors (Lipinski definition) is 1. The number of hydrogen-bond acceptors (Lipinski definition) is 5. The van der Waals surface area contributed by atoms with E-state index < -0.39 is 6.10 Å². The summed E-state index contributed by atoms with van der Waals surface area (Å²) in [5.74, 6) is 0.803. The number of aliphatic hydroxyl groups is 1. The Bertz CT molecular complexity index is 475. The van der Waals surface area contributed by atoms with Crippen LogP contribution in [-0.4, -0.2) is 43.2 Å². The Hall–Kier alpha value is -1.14. The second-order valence-corrected chi connectivity index (χ2v) is 6.39. The van der Waals surface area contributed by atoms with Gasteiger partial charge in [-0.15, -0.1) is 0 Å². The average molecular weight is 322 g/mol.